The summed E-state index contributed by atoms with van der Waals surface area (Å²) in [6.07, 6.45) is 0. The summed E-state index contributed by atoms with van der Waals surface area (Å²) in [6, 6.07) is 11.2. The monoisotopic (exact) mass is 349 g/mol. The molecule has 0 aliphatic rings. The molecular weight excluding hydrogens is 334 g/mol. The molecule has 0 spiro atoms. The fourth-order valence-corrected chi connectivity index (χ4v) is 2.02. The summed E-state index contributed by atoms with van der Waals surface area (Å²) in [7, 11) is 3.00. The zero-order chi connectivity index (χ0) is 17.5. The van der Waals surface area contributed by atoms with Crippen molar-refractivity contribution in [1.82, 2.24) is 0 Å². The molecule has 0 atom stereocenters. The van der Waals surface area contributed by atoms with Gasteiger partial charge in [-0.05, 0) is 36.4 Å². The van der Waals surface area contributed by atoms with E-state index in [9.17, 15) is 9.59 Å². The maximum atomic E-state index is 12.0. The van der Waals surface area contributed by atoms with Crippen molar-refractivity contribution in [2.45, 2.75) is 0 Å². The molecule has 2 aromatic carbocycles. The second kappa shape index (κ2) is 8.21. The molecule has 0 heterocycles. The predicted molar refractivity (Wildman–Crippen MR) is 89.9 cm³/mol. The van der Waals surface area contributed by atoms with Crippen molar-refractivity contribution in [3.05, 3.63) is 53.1 Å². The highest BCUT2D eigenvalue weighted by molar-refractivity contribution is 6.30. The predicted octanol–water partition coefficient (Wildman–Crippen LogP) is 3.15. The van der Waals surface area contributed by atoms with Gasteiger partial charge in [-0.15, -0.1) is 0 Å². The van der Waals surface area contributed by atoms with E-state index >= 15 is 0 Å². The molecule has 2 rings (SSSR count). The van der Waals surface area contributed by atoms with Gasteiger partial charge in [0.25, 0.3) is 5.91 Å². The lowest BCUT2D eigenvalue weighted by Gasteiger charge is -2.12. The molecule has 6 nitrogen and oxygen atoms in total. The van der Waals surface area contributed by atoms with Gasteiger partial charge >= 0.3 is 5.97 Å². The Morgan fingerprint density at radius 2 is 1.75 bits per heavy atom. The van der Waals surface area contributed by atoms with Crippen molar-refractivity contribution < 1.29 is 23.8 Å². The van der Waals surface area contributed by atoms with Crippen LogP contribution in [0.2, 0.25) is 5.02 Å². The van der Waals surface area contributed by atoms with Crippen LogP contribution in [0.15, 0.2) is 42.5 Å². The molecule has 0 aliphatic carbocycles. The summed E-state index contributed by atoms with van der Waals surface area (Å²) < 4.78 is 15.2. The van der Waals surface area contributed by atoms with Gasteiger partial charge in [0.2, 0.25) is 0 Å². The van der Waals surface area contributed by atoms with Crippen molar-refractivity contribution in [2.24, 2.45) is 0 Å². The minimum absolute atomic E-state index is 0.311. The van der Waals surface area contributed by atoms with Crippen molar-refractivity contribution in [3.63, 3.8) is 0 Å². The van der Waals surface area contributed by atoms with E-state index in [-0.39, 0.29) is 0 Å². The third-order valence-corrected chi connectivity index (χ3v) is 3.35. The number of benzene rings is 2. The van der Waals surface area contributed by atoms with E-state index in [0.717, 1.165) is 0 Å². The average molecular weight is 350 g/mol. The van der Waals surface area contributed by atoms with Crippen LogP contribution in [0.3, 0.4) is 0 Å². The first-order valence-electron chi connectivity index (χ1n) is 6.98. The van der Waals surface area contributed by atoms with Crippen molar-refractivity contribution in [1.29, 1.82) is 0 Å². The van der Waals surface area contributed by atoms with Crippen molar-refractivity contribution in [2.75, 3.05) is 26.1 Å². The number of rotatable bonds is 6. The number of methoxy groups -OCH3 is 2. The highest BCUT2D eigenvalue weighted by atomic mass is 35.5. The molecule has 0 unspecified atom stereocenters. The van der Waals surface area contributed by atoms with Crippen LogP contribution in [0.5, 0.6) is 11.5 Å². The quantitative estimate of drug-likeness (QED) is 0.811. The standard InChI is InChI=1S/C17H16ClNO5/c1-22-13-7-8-15(23-2)14(9-13)19-16(20)10-24-17(21)11-3-5-12(18)6-4-11/h3-9H,10H2,1-2H3,(H,19,20). The lowest BCUT2D eigenvalue weighted by Crippen LogP contribution is -2.21. The number of anilines is 1. The number of ether oxygens (including phenoxy) is 3. The highest BCUT2D eigenvalue weighted by Gasteiger charge is 2.13. The Labute approximate surface area is 144 Å². The first-order chi connectivity index (χ1) is 11.5. The van der Waals surface area contributed by atoms with Crippen LogP contribution >= 0.6 is 11.6 Å². The molecule has 1 amide bonds. The van der Waals surface area contributed by atoms with Crippen molar-refractivity contribution in [3.8, 4) is 11.5 Å². The van der Waals surface area contributed by atoms with E-state index in [0.29, 0.717) is 27.8 Å². The minimum atomic E-state index is -0.612. The van der Waals surface area contributed by atoms with Gasteiger partial charge in [-0.2, -0.15) is 0 Å². The number of halogens is 1. The van der Waals surface area contributed by atoms with Crippen LogP contribution in [0, 0.1) is 0 Å². The van der Waals surface area contributed by atoms with Gasteiger partial charge in [0.05, 0.1) is 25.5 Å². The molecule has 24 heavy (non-hydrogen) atoms. The lowest BCUT2D eigenvalue weighted by molar-refractivity contribution is -0.119. The van der Waals surface area contributed by atoms with Gasteiger partial charge in [0, 0.05) is 11.1 Å². The number of carbonyl (C=O) groups excluding carboxylic acids is 2. The molecule has 126 valence electrons. The number of esters is 1. The van der Waals surface area contributed by atoms with Crippen LogP contribution < -0.4 is 14.8 Å². The van der Waals surface area contributed by atoms with E-state index < -0.39 is 18.5 Å². The number of carbonyl (C=O) groups is 2. The largest absolute Gasteiger partial charge is 0.497 e. The van der Waals surface area contributed by atoms with Gasteiger partial charge in [0.1, 0.15) is 11.5 Å². The SMILES string of the molecule is COc1ccc(OC)c(NC(=O)COC(=O)c2ccc(Cl)cc2)c1. The smallest absolute Gasteiger partial charge is 0.338 e. The summed E-state index contributed by atoms with van der Waals surface area (Å²) >= 11 is 5.75. The summed E-state index contributed by atoms with van der Waals surface area (Å²) in [6.45, 7) is -0.429. The number of amides is 1. The van der Waals surface area contributed by atoms with Gasteiger partial charge in [0.15, 0.2) is 6.61 Å². The summed E-state index contributed by atoms with van der Waals surface area (Å²) in [5.41, 5.74) is 0.732. The van der Waals surface area contributed by atoms with Gasteiger partial charge < -0.3 is 19.5 Å². The molecule has 0 fully saturated rings. The zero-order valence-electron chi connectivity index (χ0n) is 13.2. The zero-order valence-corrected chi connectivity index (χ0v) is 13.9. The molecule has 2 aromatic rings. The Morgan fingerprint density at radius 3 is 2.38 bits per heavy atom. The Bertz CT molecular complexity index is 730. The van der Waals surface area contributed by atoms with E-state index in [1.807, 2.05) is 0 Å². The Kier molecular flexibility index (Phi) is 6.03. The van der Waals surface area contributed by atoms with E-state index in [1.165, 1.54) is 26.4 Å². The molecule has 7 heteroatoms. The molecule has 0 radical (unpaired) electrons. The van der Waals surface area contributed by atoms with Crippen molar-refractivity contribution >= 4 is 29.2 Å². The summed E-state index contributed by atoms with van der Waals surface area (Å²) in [4.78, 5) is 23.8. The number of nitrogens with one attached hydrogen (secondary N) is 1. The minimum Gasteiger partial charge on any atom is -0.497 e. The maximum Gasteiger partial charge on any atom is 0.338 e. The number of hydrogen-bond donors (Lipinski definition) is 1. The maximum absolute atomic E-state index is 12.0. The third-order valence-electron chi connectivity index (χ3n) is 3.10. The average Bonchev–Trinajstić information content (AvgIpc) is 2.60. The second-order valence-corrected chi connectivity index (χ2v) is 5.13. The van der Waals surface area contributed by atoms with Gasteiger partial charge in [-0.25, -0.2) is 4.79 Å². The molecule has 0 aliphatic heterocycles. The second-order valence-electron chi connectivity index (χ2n) is 4.70. The molecule has 0 bridgehead atoms. The highest BCUT2D eigenvalue weighted by Crippen LogP contribution is 2.28. The first-order valence-corrected chi connectivity index (χ1v) is 7.36. The topological polar surface area (TPSA) is 73.9 Å². The molecule has 0 saturated heterocycles. The lowest BCUT2D eigenvalue weighted by atomic mass is 10.2. The van der Waals surface area contributed by atoms with Crippen LogP contribution in [-0.2, 0) is 9.53 Å². The molecule has 0 aromatic heterocycles. The molecule has 0 saturated carbocycles. The fraction of sp³-hybridized carbons (Fsp3) is 0.176. The summed E-state index contributed by atoms with van der Waals surface area (Å²) in [5.74, 6) is -0.0827. The van der Waals surface area contributed by atoms with E-state index in [2.05, 4.69) is 5.32 Å². The molecule has 1 N–H and O–H groups in total. The Hall–Kier alpha value is -2.73. The van der Waals surface area contributed by atoms with Crippen LogP contribution in [0.25, 0.3) is 0 Å². The van der Waals surface area contributed by atoms with E-state index in [1.54, 1.807) is 30.3 Å². The van der Waals surface area contributed by atoms with E-state index in [4.69, 9.17) is 25.8 Å². The summed E-state index contributed by atoms with van der Waals surface area (Å²) in [5, 5.41) is 3.12. The van der Waals surface area contributed by atoms with Crippen LogP contribution in [0.4, 0.5) is 5.69 Å². The Balaban J connectivity index is 1.96. The number of hydrogen-bond acceptors (Lipinski definition) is 5. The van der Waals surface area contributed by atoms with Gasteiger partial charge in [-0.1, -0.05) is 11.6 Å². The normalized spacial score (nSPS) is 9.96. The third kappa shape index (κ3) is 4.63. The van der Waals surface area contributed by atoms with Crippen LogP contribution in [-0.4, -0.2) is 32.7 Å². The fourth-order valence-electron chi connectivity index (χ4n) is 1.90. The van der Waals surface area contributed by atoms with Crippen LogP contribution in [0.1, 0.15) is 10.4 Å². The molecular formula is C17H16ClNO5. The Morgan fingerprint density at radius 1 is 1.04 bits per heavy atom. The van der Waals surface area contributed by atoms with Gasteiger partial charge in [-0.3, -0.25) is 4.79 Å². The first kappa shape index (κ1) is 17.6.